The highest BCUT2D eigenvalue weighted by atomic mass is 127. The Hall–Kier alpha value is -1.40. The lowest BCUT2D eigenvalue weighted by molar-refractivity contribution is -0.140. The molecule has 2 aromatic rings. The van der Waals surface area contributed by atoms with Gasteiger partial charge in [-0.15, -0.1) is 35.3 Å². The standard InChI is InChI=1S/C20H28F3N5S.HI/c1-4-24-19(25-11-10-18-27-17(14-29-18)20(21,22)23)26-13-16(28(2)3)12-15-8-6-5-7-9-15;/h5-9,14,16H,4,10-13H2,1-3H3,(H2,24,25,26);1H. The van der Waals surface area contributed by atoms with Crippen LogP contribution in [0, 0.1) is 0 Å². The molecule has 1 aromatic heterocycles. The molecule has 2 N–H and O–H groups in total. The average molecular weight is 555 g/mol. The van der Waals surface area contributed by atoms with Crippen LogP contribution in [-0.4, -0.2) is 55.6 Å². The fourth-order valence-electron chi connectivity index (χ4n) is 2.68. The van der Waals surface area contributed by atoms with Crippen molar-refractivity contribution in [2.45, 2.75) is 32.0 Å². The Balaban J connectivity index is 0.00000450. The minimum atomic E-state index is -4.39. The molecule has 0 aliphatic heterocycles. The number of hydrogen-bond donors (Lipinski definition) is 2. The normalized spacial score (nSPS) is 13.1. The molecule has 1 aromatic carbocycles. The number of thiazole rings is 1. The number of nitrogens with zero attached hydrogens (tertiary/aromatic N) is 3. The van der Waals surface area contributed by atoms with Crippen molar-refractivity contribution in [1.82, 2.24) is 20.5 Å². The molecule has 1 atom stereocenters. The predicted molar refractivity (Wildman–Crippen MR) is 128 cm³/mol. The summed E-state index contributed by atoms with van der Waals surface area (Å²) in [6.07, 6.45) is -3.10. The maximum atomic E-state index is 12.6. The molecule has 0 spiro atoms. The predicted octanol–water partition coefficient (Wildman–Crippen LogP) is 4.05. The highest BCUT2D eigenvalue weighted by Crippen LogP contribution is 2.29. The van der Waals surface area contributed by atoms with E-state index in [2.05, 4.69) is 37.6 Å². The average Bonchev–Trinajstić information content (AvgIpc) is 3.15. The van der Waals surface area contributed by atoms with Gasteiger partial charge in [0.2, 0.25) is 0 Å². The lowest BCUT2D eigenvalue weighted by atomic mass is 10.1. The number of aromatic nitrogens is 1. The van der Waals surface area contributed by atoms with Gasteiger partial charge in [-0.1, -0.05) is 30.3 Å². The summed E-state index contributed by atoms with van der Waals surface area (Å²) in [5.74, 6) is 0.653. The third-order valence-electron chi connectivity index (χ3n) is 4.32. The van der Waals surface area contributed by atoms with Crippen LogP contribution in [-0.2, 0) is 19.0 Å². The summed E-state index contributed by atoms with van der Waals surface area (Å²) < 4.78 is 37.9. The van der Waals surface area contributed by atoms with Gasteiger partial charge in [0.25, 0.3) is 0 Å². The smallest absolute Gasteiger partial charge is 0.357 e. The minimum Gasteiger partial charge on any atom is -0.357 e. The van der Waals surface area contributed by atoms with Crippen LogP contribution in [0.3, 0.4) is 0 Å². The summed E-state index contributed by atoms with van der Waals surface area (Å²) in [4.78, 5) is 10.5. The van der Waals surface area contributed by atoms with Gasteiger partial charge in [-0.3, -0.25) is 4.99 Å². The molecule has 0 saturated carbocycles. The molecule has 0 fully saturated rings. The van der Waals surface area contributed by atoms with Gasteiger partial charge < -0.3 is 15.5 Å². The molecule has 1 unspecified atom stereocenters. The number of halogens is 4. The summed E-state index contributed by atoms with van der Waals surface area (Å²) in [5, 5.41) is 7.87. The zero-order valence-electron chi connectivity index (χ0n) is 17.4. The van der Waals surface area contributed by atoms with Gasteiger partial charge in [0.05, 0.1) is 11.6 Å². The number of alkyl halides is 3. The molecule has 2 rings (SSSR count). The summed E-state index contributed by atoms with van der Waals surface area (Å²) in [5.41, 5.74) is 0.427. The van der Waals surface area contributed by atoms with Gasteiger partial charge in [0.15, 0.2) is 11.7 Å². The van der Waals surface area contributed by atoms with Crippen molar-refractivity contribution in [3.63, 3.8) is 0 Å². The fourth-order valence-corrected chi connectivity index (χ4v) is 3.48. The monoisotopic (exact) mass is 555 g/mol. The van der Waals surface area contributed by atoms with E-state index in [1.165, 1.54) is 5.56 Å². The number of rotatable bonds is 9. The SMILES string of the molecule is CCNC(=NCC(Cc1ccccc1)N(C)C)NCCc1nc(C(F)(F)F)cs1.I. The van der Waals surface area contributed by atoms with E-state index in [-0.39, 0.29) is 30.0 Å². The molecule has 10 heteroatoms. The lowest BCUT2D eigenvalue weighted by Gasteiger charge is -2.23. The van der Waals surface area contributed by atoms with Gasteiger partial charge in [0, 0.05) is 30.9 Å². The number of benzene rings is 1. The number of likely N-dealkylation sites (N-methyl/N-ethyl adjacent to an activating group) is 1. The zero-order valence-corrected chi connectivity index (χ0v) is 20.5. The van der Waals surface area contributed by atoms with E-state index < -0.39 is 11.9 Å². The first kappa shape index (κ1) is 26.6. The molecule has 5 nitrogen and oxygen atoms in total. The fraction of sp³-hybridized carbons (Fsp3) is 0.500. The van der Waals surface area contributed by atoms with E-state index in [9.17, 15) is 13.2 Å². The van der Waals surface area contributed by atoms with Crippen LogP contribution in [0.4, 0.5) is 13.2 Å². The molecule has 0 radical (unpaired) electrons. The van der Waals surface area contributed by atoms with Crippen LogP contribution in [0.2, 0.25) is 0 Å². The van der Waals surface area contributed by atoms with Gasteiger partial charge in [-0.05, 0) is 33.0 Å². The van der Waals surface area contributed by atoms with Crippen molar-refractivity contribution >= 4 is 41.3 Å². The van der Waals surface area contributed by atoms with Crippen LogP contribution in [0.25, 0.3) is 0 Å². The molecule has 0 amide bonds. The Kier molecular flexibility index (Phi) is 11.6. The topological polar surface area (TPSA) is 52.6 Å². The van der Waals surface area contributed by atoms with Crippen LogP contribution >= 0.6 is 35.3 Å². The summed E-state index contributed by atoms with van der Waals surface area (Å²) in [7, 11) is 4.06. The number of guanidine groups is 1. The molecular formula is C20H29F3IN5S. The first-order valence-corrected chi connectivity index (χ1v) is 10.4. The van der Waals surface area contributed by atoms with Crippen LogP contribution in [0.15, 0.2) is 40.7 Å². The Morgan fingerprint density at radius 3 is 2.47 bits per heavy atom. The molecule has 0 aliphatic carbocycles. The molecule has 0 aliphatic rings. The van der Waals surface area contributed by atoms with Crippen molar-refractivity contribution in [1.29, 1.82) is 0 Å². The molecule has 30 heavy (non-hydrogen) atoms. The highest BCUT2D eigenvalue weighted by molar-refractivity contribution is 14.0. The van der Waals surface area contributed by atoms with E-state index >= 15 is 0 Å². The van der Waals surface area contributed by atoms with Crippen molar-refractivity contribution in [2.24, 2.45) is 4.99 Å². The molecule has 1 heterocycles. The zero-order chi connectivity index (χ0) is 21.3. The molecular weight excluding hydrogens is 526 g/mol. The van der Waals surface area contributed by atoms with Gasteiger partial charge in [0.1, 0.15) is 0 Å². The van der Waals surface area contributed by atoms with Crippen molar-refractivity contribution < 1.29 is 13.2 Å². The van der Waals surface area contributed by atoms with Crippen LogP contribution < -0.4 is 10.6 Å². The summed E-state index contributed by atoms with van der Waals surface area (Å²) in [6.45, 7) is 3.74. The second-order valence-electron chi connectivity index (χ2n) is 6.83. The van der Waals surface area contributed by atoms with E-state index in [1.54, 1.807) is 0 Å². The molecule has 0 bridgehead atoms. The first-order valence-electron chi connectivity index (χ1n) is 9.53. The minimum absolute atomic E-state index is 0. The van der Waals surface area contributed by atoms with Crippen molar-refractivity contribution in [2.75, 3.05) is 33.7 Å². The maximum Gasteiger partial charge on any atom is 0.434 e. The Bertz CT molecular complexity index is 765. The van der Waals surface area contributed by atoms with Crippen LogP contribution in [0.1, 0.15) is 23.2 Å². The largest absolute Gasteiger partial charge is 0.434 e. The second-order valence-corrected chi connectivity index (χ2v) is 7.77. The quantitative estimate of drug-likeness (QED) is 0.279. The van der Waals surface area contributed by atoms with Gasteiger partial charge in [-0.25, -0.2) is 4.98 Å². The van der Waals surface area contributed by atoms with Crippen molar-refractivity contribution in [3.05, 3.63) is 52.0 Å². The van der Waals surface area contributed by atoms with E-state index in [0.717, 1.165) is 23.1 Å². The number of nitrogens with one attached hydrogen (secondary N) is 2. The van der Waals surface area contributed by atoms with E-state index in [1.807, 2.05) is 39.2 Å². The third-order valence-corrected chi connectivity index (χ3v) is 5.23. The van der Waals surface area contributed by atoms with E-state index in [4.69, 9.17) is 0 Å². The number of hydrogen-bond acceptors (Lipinski definition) is 4. The Morgan fingerprint density at radius 2 is 1.90 bits per heavy atom. The second kappa shape index (κ2) is 13.1. The van der Waals surface area contributed by atoms with E-state index in [0.29, 0.717) is 37.0 Å². The Morgan fingerprint density at radius 1 is 1.20 bits per heavy atom. The van der Waals surface area contributed by atoms with Gasteiger partial charge in [-0.2, -0.15) is 13.2 Å². The molecule has 0 saturated heterocycles. The van der Waals surface area contributed by atoms with Crippen molar-refractivity contribution in [3.8, 4) is 0 Å². The highest BCUT2D eigenvalue weighted by Gasteiger charge is 2.33. The first-order chi connectivity index (χ1) is 13.8. The lowest BCUT2D eigenvalue weighted by Crippen LogP contribution is -2.40. The summed E-state index contributed by atoms with van der Waals surface area (Å²) in [6, 6.07) is 10.5. The maximum absolute atomic E-state index is 12.6. The molecule has 168 valence electrons. The van der Waals surface area contributed by atoms with Gasteiger partial charge >= 0.3 is 6.18 Å². The Labute approximate surface area is 197 Å². The summed E-state index contributed by atoms with van der Waals surface area (Å²) >= 11 is 1.03. The van der Waals surface area contributed by atoms with Crippen LogP contribution in [0.5, 0.6) is 0 Å². The third kappa shape index (κ3) is 9.17. The number of aliphatic imine (C=N–C) groups is 1.